The number of aliphatic hydroxyl groups is 3. The number of aromatic amines is 1. The zero-order chi connectivity index (χ0) is 15.3. The van der Waals surface area contributed by atoms with Gasteiger partial charge in [-0.25, -0.2) is 0 Å². The highest BCUT2D eigenvalue weighted by Crippen LogP contribution is 2.34. The Labute approximate surface area is 134 Å². The second-order valence-corrected chi connectivity index (χ2v) is 6.01. The Bertz CT molecular complexity index is 747. The topological polar surface area (TPSA) is 90.6 Å². The van der Waals surface area contributed by atoms with Gasteiger partial charge in [-0.15, -0.1) is 0 Å². The molecular weight excluding hydrogens is 339 g/mol. The normalized spacial score (nSPS) is 29.4. The molecule has 0 saturated carbocycles. The Morgan fingerprint density at radius 1 is 1.24 bits per heavy atom. The number of nitrogens with one attached hydrogen (secondary N) is 1. The number of ether oxygens (including phenoxy) is 1. The van der Waals surface area contributed by atoms with Crippen molar-refractivity contribution >= 4 is 46.5 Å². The van der Waals surface area contributed by atoms with Gasteiger partial charge in [0.1, 0.15) is 18.3 Å². The highest BCUT2D eigenvalue weighted by Gasteiger charge is 2.44. The third-order valence-electron chi connectivity index (χ3n) is 3.53. The van der Waals surface area contributed by atoms with E-state index in [0.717, 1.165) is 0 Å². The highest BCUT2D eigenvalue weighted by molar-refractivity contribution is 7.71. The van der Waals surface area contributed by atoms with Gasteiger partial charge in [-0.2, -0.15) is 0 Å². The average molecular weight is 351 g/mol. The van der Waals surface area contributed by atoms with Crippen LogP contribution in [-0.2, 0) is 4.74 Å². The van der Waals surface area contributed by atoms with Crippen LogP contribution in [0.25, 0.3) is 11.0 Å². The predicted octanol–water partition coefficient (Wildman–Crippen LogP) is 1.62. The van der Waals surface area contributed by atoms with Crippen LogP contribution < -0.4 is 0 Å². The van der Waals surface area contributed by atoms with Gasteiger partial charge in [-0.3, -0.25) is 4.57 Å². The predicted molar refractivity (Wildman–Crippen MR) is 80.2 cm³/mol. The number of aliphatic hydroxyl groups excluding tert-OH is 3. The minimum absolute atomic E-state index is 0.290. The van der Waals surface area contributed by atoms with Gasteiger partial charge < -0.3 is 25.0 Å². The first-order valence-electron chi connectivity index (χ1n) is 6.15. The first-order chi connectivity index (χ1) is 9.93. The summed E-state index contributed by atoms with van der Waals surface area (Å²) in [5.41, 5.74) is 1.22. The summed E-state index contributed by atoms with van der Waals surface area (Å²) in [5.74, 6) is 0. The van der Waals surface area contributed by atoms with Crippen LogP contribution in [0.5, 0.6) is 0 Å². The summed E-state index contributed by atoms with van der Waals surface area (Å²) >= 11 is 17.2. The fourth-order valence-electron chi connectivity index (χ4n) is 2.47. The molecule has 9 heteroatoms. The van der Waals surface area contributed by atoms with E-state index in [-0.39, 0.29) is 4.77 Å². The van der Waals surface area contributed by atoms with E-state index < -0.39 is 31.1 Å². The first kappa shape index (κ1) is 15.2. The quantitative estimate of drug-likeness (QED) is 0.618. The molecule has 0 radical (unpaired) electrons. The standard InChI is InChI=1S/C12H12Cl2N2O4S/c13-4-1-6-7(2-5(4)14)16(12(21)15-6)11-10(19)9(18)8(3-17)20-11/h1-2,8-11,17-19H,3H2,(H,15,21)/t8-,9?,10+,11-/m1/s1. The van der Waals surface area contributed by atoms with E-state index in [1.54, 1.807) is 12.1 Å². The van der Waals surface area contributed by atoms with Gasteiger partial charge >= 0.3 is 0 Å². The summed E-state index contributed by atoms with van der Waals surface area (Å²) < 4.78 is 7.29. The molecule has 0 spiro atoms. The number of rotatable bonds is 2. The van der Waals surface area contributed by atoms with Gasteiger partial charge in [0.2, 0.25) is 0 Å². The van der Waals surface area contributed by atoms with Crippen molar-refractivity contribution in [2.24, 2.45) is 0 Å². The number of imidazole rings is 1. The van der Waals surface area contributed by atoms with Crippen molar-refractivity contribution in [1.82, 2.24) is 9.55 Å². The summed E-state index contributed by atoms with van der Waals surface area (Å²) in [5, 5.41) is 29.8. The fraction of sp³-hybridized carbons (Fsp3) is 0.417. The lowest BCUT2D eigenvalue weighted by Crippen LogP contribution is -2.33. The average Bonchev–Trinajstić information content (AvgIpc) is 2.89. The van der Waals surface area contributed by atoms with Crippen LogP contribution in [0.3, 0.4) is 0 Å². The monoisotopic (exact) mass is 350 g/mol. The third-order valence-corrected chi connectivity index (χ3v) is 4.55. The molecule has 2 aromatic rings. The number of halogens is 2. The number of benzene rings is 1. The maximum atomic E-state index is 10.1. The Morgan fingerprint density at radius 2 is 1.90 bits per heavy atom. The zero-order valence-electron chi connectivity index (χ0n) is 10.5. The van der Waals surface area contributed by atoms with Gasteiger partial charge in [0.25, 0.3) is 0 Å². The van der Waals surface area contributed by atoms with Crippen LogP contribution in [-0.4, -0.2) is 49.8 Å². The van der Waals surface area contributed by atoms with E-state index in [0.29, 0.717) is 21.1 Å². The number of fused-ring (bicyclic) bond motifs is 1. The van der Waals surface area contributed by atoms with Crippen molar-refractivity contribution in [3.8, 4) is 0 Å². The molecule has 114 valence electrons. The lowest BCUT2D eigenvalue weighted by molar-refractivity contribution is -0.0514. The molecular formula is C12H12Cl2N2O4S. The molecule has 0 bridgehead atoms. The first-order valence-corrected chi connectivity index (χ1v) is 7.32. The number of hydrogen-bond donors (Lipinski definition) is 4. The molecule has 21 heavy (non-hydrogen) atoms. The molecule has 0 aliphatic carbocycles. The van der Waals surface area contributed by atoms with E-state index in [4.69, 9.17) is 45.3 Å². The molecule has 1 aliphatic heterocycles. The van der Waals surface area contributed by atoms with Crippen molar-refractivity contribution in [3.63, 3.8) is 0 Å². The summed E-state index contributed by atoms with van der Waals surface area (Å²) in [6.07, 6.45) is -4.22. The van der Waals surface area contributed by atoms with Gasteiger partial charge in [-0.1, -0.05) is 23.2 Å². The summed E-state index contributed by atoms with van der Waals surface area (Å²) in [7, 11) is 0. The third kappa shape index (κ3) is 2.39. The number of H-pyrrole nitrogens is 1. The van der Waals surface area contributed by atoms with Crippen LogP contribution in [0.4, 0.5) is 0 Å². The van der Waals surface area contributed by atoms with E-state index in [2.05, 4.69) is 4.98 Å². The van der Waals surface area contributed by atoms with Crippen LogP contribution >= 0.6 is 35.4 Å². The van der Waals surface area contributed by atoms with Gasteiger partial charge in [-0.05, 0) is 24.4 Å². The van der Waals surface area contributed by atoms with Crippen LogP contribution in [0, 0.1) is 4.77 Å². The number of aromatic nitrogens is 2. The van der Waals surface area contributed by atoms with Crippen LogP contribution in [0.15, 0.2) is 12.1 Å². The Hall–Kier alpha value is -0.670. The van der Waals surface area contributed by atoms with Crippen molar-refractivity contribution in [2.75, 3.05) is 6.61 Å². The summed E-state index contributed by atoms with van der Waals surface area (Å²) in [4.78, 5) is 2.94. The van der Waals surface area contributed by atoms with Gasteiger partial charge in [0, 0.05) is 0 Å². The molecule has 1 saturated heterocycles. The molecule has 1 unspecified atom stereocenters. The lowest BCUT2D eigenvalue weighted by Gasteiger charge is -2.17. The molecule has 1 aromatic carbocycles. The molecule has 1 fully saturated rings. The molecule has 2 heterocycles. The second kappa shape index (κ2) is 5.51. The largest absolute Gasteiger partial charge is 0.394 e. The summed E-state index contributed by atoms with van der Waals surface area (Å²) in [6, 6.07) is 3.22. The van der Waals surface area contributed by atoms with Gasteiger partial charge in [0.05, 0.1) is 27.7 Å². The van der Waals surface area contributed by atoms with Crippen LogP contribution in [0.1, 0.15) is 6.23 Å². The Kier molecular flexibility index (Phi) is 4.00. The van der Waals surface area contributed by atoms with Crippen molar-refractivity contribution in [3.05, 3.63) is 26.9 Å². The summed E-state index contributed by atoms with van der Waals surface area (Å²) in [6.45, 7) is -0.406. The van der Waals surface area contributed by atoms with E-state index in [9.17, 15) is 10.2 Å². The van der Waals surface area contributed by atoms with Gasteiger partial charge in [0.15, 0.2) is 11.0 Å². The van der Waals surface area contributed by atoms with Crippen molar-refractivity contribution < 1.29 is 20.1 Å². The SMILES string of the molecule is OC[C@H]1O[C@@H](n2c(=S)[nH]c3cc(Cl)c(Cl)cc32)[C@@H](O)C1O. The van der Waals surface area contributed by atoms with Crippen molar-refractivity contribution in [2.45, 2.75) is 24.5 Å². The van der Waals surface area contributed by atoms with E-state index >= 15 is 0 Å². The Balaban J connectivity index is 2.15. The molecule has 1 aliphatic rings. The molecule has 0 amide bonds. The van der Waals surface area contributed by atoms with Crippen molar-refractivity contribution in [1.29, 1.82) is 0 Å². The second-order valence-electron chi connectivity index (χ2n) is 4.81. The smallest absolute Gasteiger partial charge is 0.180 e. The number of nitrogens with zero attached hydrogens (tertiary/aromatic N) is 1. The maximum Gasteiger partial charge on any atom is 0.180 e. The Morgan fingerprint density at radius 3 is 2.52 bits per heavy atom. The lowest BCUT2D eigenvalue weighted by atomic mass is 10.1. The van der Waals surface area contributed by atoms with Crippen LogP contribution in [0.2, 0.25) is 10.0 Å². The molecule has 4 N–H and O–H groups in total. The molecule has 4 atom stereocenters. The zero-order valence-corrected chi connectivity index (χ0v) is 12.9. The highest BCUT2D eigenvalue weighted by atomic mass is 35.5. The number of hydrogen-bond acceptors (Lipinski definition) is 5. The van der Waals surface area contributed by atoms with E-state index in [1.807, 2.05) is 0 Å². The molecule has 1 aromatic heterocycles. The maximum absolute atomic E-state index is 10.1. The fourth-order valence-corrected chi connectivity index (χ4v) is 3.10. The molecule has 6 nitrogen and oxygen atoms in total. The minimum Gasteiger partial charge on any atom is -0.394 e. The van der Waals surface area contributed by atoms with E-state index in [1.165, 1.54) is 4.57 Å². The minimum atomic E-state index is -1.22. The molecule has 3 rings (SSSR count).